The van der Waals surface area contributed by atoms with E-state index in [1.807, 2.05) is 0 Å². The summed E-state index contributed by atoms with van der Waals surface area (Å²) in [5.41, 5.74) is 0. The summed E-state index contributed by atoms with van der Waals surface area (Å²) in [5, 5.41) is 3.52. The summed E-state index contributed by atoms with van der Waals surface area (Å²) in [6.07, 6.45) is 5.77. The Labute approximate surface area is 120 Å². The van der Waals surface area contributed by atoms with E-state index in [0.29, 0.717) is 19.1 Å². The number of halogens is 3. The molecule has 20 heavy (non-hydrogen) atoms. The largest absolute Gasteiger partial charge is 0.401 e. The van der Waals surface area contributed by atoms with E-state index < -0.39 is 12.7 Å². The zero-order valence-electron chi connectivity index (χ0n) is 12.2. The molecular formula is C15H27F3N2. The van der Waals surface area contributed by atoms with Crippen LogP contribution in [0.1, 0.15) is 51.4 Å². The molecule has 1 heterocycles. The molecule has 1 aliphatic carbocycles. The Hall–Kier alpha value is -0.290. The van der Waals surface area contributed by atoms with Crippen LogP contribution in [0.5, 0.6) is 0 Å². The number of nitrogens with one attached hydrogen (secondary N) is 1. The topological polar surface area (TPSA) is 15.3 Å². The third-order valence-electron chi connectivity index (χ3n) is 4.69. The van der Waals surface area contributed by atoms with Gasteiger partial charge in [-0.15, -0.1) is 0 Å². The van der Waals surface area contributed by atoms with Gasteiger partial charge in [-0.3, -0.25) is 4.90 Å². The molecule has 2 rings (SSSR count). The minimum Gasteiger partial charge on any atom is -0.314 e. The third-order valence-corrected chi connectivity index (χ3v) is 4.69. The second-order valence-corrected chi connectivity index (χ2v) is 6.41. The number of hydrogen-bond acceptors (Lipinski definition) is 2. The van der Waals surface area contributed by atoms with Gasteiger partial charge in [-0.2, -0.15) is 13.2 Å². The highest BCUT2D eigenvalue weighted by Gasteiger charge is 2.32. The first-order valence-electron chi connectivity index (χ1n) is 8.05. The number of hydrogen-bond donors (Lipinski definition) is 1. The van der Waals surface area contributed by atoms with Crippen molar-refractivity contribution in [3.8, 4) is 0 Å². The van der Waals surface area contributed by atoms with Gasteiger partial charge >= 0.3 is 6.18 Å². The first kappa shape index (κ1) is 16.1. The molecule has 118 valence electrons. The Kier molecular flexibility index (Phi) is 6.15. The molecule has 0 bridgehead atoms. The summed E-state index contributed by atoms with van der Waals surface area (Å²) >= 11 is 0. The minimum atomic E-state index is -4.05. The summed E-state index contributed by atoms with van der Waals surface area (Å²) in [6, 6.07) is 0.420. The molecular weight excluding hydrogens is 265 g/mol. The van der Waals surface area contributed by atoms with Gasteiger partial charge in [-0.05, 0) is 51.2 Å². The van der Waals surface area contributed by atoms with Crippen LogP contribution in [-0.2, 0) is 0 Å². The van der Waals surface area contributed by atoms with Crippen molar-refractivity contribution >= 4 is 0 Å². The van der Waals surface area contributed by atoms with E-state index in [1.165, 1.54) is 43.4 Å². The molecule has 2 aliphatic rings. The van der Waals surface area contributed by atoms with Crippen molar-refractivity contribution < 1.29 is 13.2 Å². The second kappa shape index (κ2) is 7.64. The highest BCUT2D eigenvalue weighted by Crippen LogP contribution is 2.28. The molecule has 0 aromatic rings. The standard InChI is InChI=1S/C15H27F3N2/c16-15(17,18)12-20-10-7-14(8-11-20)19-9-3-6-13-4-1-2-5-13/h13-14,19H,1-12H2. The number of nitrogens with zero attached hydrogens (tertiary/aromatic N) is 1. The monoisotopic (exact) mass is 292 g/mol. The molecule has 1 saturated heterocycles. The lowest BCUT2D eigenvalue weighted by atomic mass is 10.0. The van der Waals surface area contributed by atoms with Gasteiger partial charge in [-0.25, -0.2) is 0 Å². The molecule has 0 aromatic carbocycles. The van der Waals surface area contributed by atoms with E-state index in [0.717, 1.165) is 25.3 Å². The van der Waals surface area contributed by atoms with Crippen LogP contribution in [0.3, 0.4) is 0 Å². The Morgan fingerprint density at radius 1 is 1.00 bits per heavy atom. The highest BCUT2D eigenvalue weighted by atomic mass is 19.4. The van der Waals surface area contributed by atoms with Crippen molar-refractivity contribution in [2.45, 2.75) is 63.6 Å². The minimum absolute atomic E-state index is 0.420. The first-order valence-corrected chi connectivity index (χ1v) is 8.05. The number of alkyl halides is 3. The van der Waals surface area contributed by atoms with Crippen molar-refractivity contribution in [3.05, 3.63) is 0 Å². The van der Waals surface area contributed by atoms with E-state index in [9.17, 15) is 13.2 Å². The molecule has 0 radical (unpaired) electrons. The van der Waals surface area contributed by atoms with Crippen molar-refractivity contribution in [3.63, 3.8) is 0 Å². The van der Waals surface area contributed by atoms with Crippen LogP contribution in [0.4, 0.5) is 13.2 Å². The summed E-state index contributed by atoms with van der Waals surface area (Å²) in [5.74, 6) is 0.936. The zero-order valence-corrected chi connectivity index (χ0v) is 12.2. The maximum atomic E-state index is 12.3. The van der Waals surface area contributed by atoms with E-state index >= 15 is 0 Å². The van der Waals surface area contributed by atoms with Crippen LogP contribution < -0.4 is 5.32 Å². The average Bonchev–Trinajstić information content (AvgIpc) is 2.88. The maximum absolute atomic E-state index is 12.3. The lowest BCUT2D eigenvalue weighted by Crippen LogP contribution is -2.45. The lowest BCUT2D eigenvalue weighted by Gasteiger charge is -2.32. The lowest BCUT2D eigenvalue weighted by molar-refractivity contribution is -0.148. The smallest absolute Gasteiger partial charge is 0.314 e. The number of likely N-dealkylation sites (tertiary alicyclic amines) is 1. The van der Waals surface area contributed by atoms with Gasteiger partial charge in [0, 0.05) is 6.04 Å². The predicted octanol–water partition coefficient (Wildman–Crippen LogP) is 3.57. The zero-order chi connectivity index (χ0) is 14.4. The van der Waals surface area contributed by atoms with E-state index in [1.54, 1.807) is 0 Å². The fraction of sp³-hybridized carbons (Fsp3) is 1.00. The van der Waals surface area contributed by atoms with Crippen LogP contribution in [0.15, 0.2) is 0 Å². The molecule has 0 atom stereocenters. The van der Waals surface area contributed by atoms with Crippen LogP contribution in [-0.4, -0.2) is 43.3 Å². The van der Waals surface area contributed by atoms with Crippen molar-refractivity contribution in [1.82, 2.24) is 10.2 Å². The van der Waals surface area contributed by atoms with Crippen molar-refractivity contribution in [2.75, 3.05) is 26.2 Å². The van der Waals surface area contributed by atoms with Crippen LogP contribution in [0, 0.1) is 5.92 Å². The van der Waals surface area contributed by atoms with Crippen LogP contribution >= 0.6 is 0 Å². The molecule has 0 aromatic heterocycles. The summed E-state index contributed by atoms with van der Waals surface area (Å²) in [6.45, 7) is 1.42. The molecule has 2 nitrogen and oxygen atoms in total. The molecule has 2 fully saturated rings. The molecule has 0 spiro atoms. The number of rotatable bonds is 6. The molecule has 1 aliphatic heterocycles. The van der Waals surface area contributed by atoms with Crippen LogP contribution in [0.2, 0.25) is 0 Å². The Morgan fingerprint density at radius 3 is 2.25 bits per heavy atom. The highest BCUT2D eigenvalue weighted by molar-refractivity contribution is 4.78. The summed E-state index contributed by atoms with van der Waals surface area (Å²) in [4.78, 5) is 1.52. The Morgan fingerprint density at radius 2 is 1.65 bits per heavy atom. The van der Waals surface area contributed by atoms with Gasteiger partial charge in [0.25, 0.3) is 0 Å². The number of piperidine rings is 1. The molecule has 0 unspecified atom stereocenters. The van der Waals surface area contributed by atoms with Gasteiger partial charge in [0.05, 0.1) is 6.54 Å². The Bertz CT molecular complexity index is 267. The maximum Gasteiger partial charge on any atom is 0.401 e. The van der Waals surface area contributed by atoms with Crippen molar-refractivity contribution in [1.29, 1.82) is 0 Å². The quantitative estimate of drug-likeness (QED) is 0.753. The van der Waals surface area contributed by atoms with Gasteiger partial charge in [0.2, 0.25) is 0 Å². The Balaban J connectivity index is 1.51. The third kappa shape index (κ3) is 6.00. The van der Waals surface area contributed by atoms with Gasteiger partial charge < -0.3 is 5.32 Å². The van der Waals surface area contributed by atoms with E-state index in [4.69, 9.17) is 0 Å². The first-order chi connectivity index (χ1) is 9.53. The summed E-state index contributed by atoms with van der Waals surface area (Å²) in [7, 11) is 0. The van der Waals surface area contributed by atoms with Gasteiger partial charge in [0.1, 0.15) is 0 Å². The normalized spacial score (nSPS) is 23.6. The van der Waals surface area contributed by atoms with E-state index in [-0.39, 0.29) is 0 Å². The van der Waals surface area contributed by atoms with Crippen LogP contribution in [0.25, 0.3) is 0 Å². The van der Waals surface area contributed by atoms with E-state index in [2.05, 4.69) is 5.32 Å². The predicted molar refractivity (Wildman–Crippen MR) is 74.7 cm³/mol. The van der Waals surface area contributed by atoms with Gasteiger partial charge in [-0.1, -0.05) is 25.7 Å². The molecule has 1 N–H and O–H groups in total. The summed E-state index contributed by atoms with van der Waals surface area (Å²) < 4.78 is 36.8. The molecule has 5 heteroatoms. The molecule has 1 saturated carbocycles. The average molecular weight is 292 g/mol. The fourth-order valence-electron chi connectivity index (χ4n) is 3.54. The second-order valence-electron chi connectivity index (χ2n) is 6.41. The van der Waals surface area contributed by atoms with Crippen molar-refractivity contribution in [2.24, 2.45) is 5.92 Å². The van der Waals surface area contributed by atoms with Gasteiger partial charge in [0.15, 0.2) is 0 Å². The molecule has 0 amide bonds. The fourth-order valence-corrected chi connectivity index (χ4v) is 3.54. The SMILES string of the molecule is FC(F)(F)CN1CCC(NCCCC2CCCC2)CC1.